The number of esters is 2. The molecule has 8 heteroatoms. The van der Waals surface area contributed by atoms with Gasteiger partial charge in [0.05, 0.1) is 36.1 Å². The van der Waals surface area contributed by atoms with E-state index in [1.807, 2.05) is 0 Å². The van der Waals surface area contributed by atoms with Gasteiger partial charge in [0.25, 0.3) is 0 Å². The van der Waals surface area contributed by atoms with Crippen LogP contribution in [0.15, 0.2) is 40.9 Å². The van der Waals surface area contributed by atoms with Gasteiger partial charge in [-0.15, -0.1) is 0 Å². The Bertz CT molecular complexity index is 770. The number of rotatable bonds is 6. The Morgan fingerprint density at radius 2 is 2.00 bits per heavy atom. The first-order valence-corrected chi connectivity index (χ1v) is 8.88. The number of amides is 1. The summed E-state index contributed by atoms with van der Waals surface area (Å²) in [5.41, 5.74) is 0.851. The summed E-state index contributed by atoms with van der Waals surface area (Å²) in [7, 11) is 1.19. The molecule has 1 aliphatic rings. The molecule has 1 N–H and O–H groups in total. The summed E-state index contributed by atoms with van der Waals surface area (Å²) in [5, 5.41) is 12.5. The normalized spacial score (nSPS) is 19.3. The van der Waals surface area contributed by atoms with E-state index in [0.717, 1.165) is 11.8 Å². The van der Waals surface area contributed by atoms with Crippen LogP contribution >= 0.6 is 11.8 Å². The Balaban J connectivity index is 2.45. The third kappa shape index (κ3) is 4.24. The van der Waals surface area contributed by atoms with Gasteiger partial charge in [-0.2, -0.15) is 5.26 Å². The number of nitriles is 1. The second-order valence-corrected chi connectivity index (χ2v) is 6.31. The van der Waals surface area contributed by atoms with Crippen molar-refractivity contribution in [2.45, 2.75) is 12.8 Å². The van der Waals surface area contributed by atoms with E-state index < -0.39 is 29.7 Å². The molecule has 2 rings (SSSR count). The zero-order valence-electron chi connectivity index (χ0n) is 14.4. The fourth-order valence-electron chi connectivity index (χ4n) is 2.67. The first-order chi connectivity index (χ1) is 12.5. The molecule has 136 valence electrons. The van der Waals surface area contributed by atoms with Crippen molar-refractivity contribution < 1.29 is 23.9 Å². The lowest BCUT2D eigenvalue weighted by molar-refractivity contribution is -0.150. The zero-order chi connectivity index (χ0) is 19.1. The number of ether oxygens (including phenoxy) is 2. The first kappa shape index (κ1) is 19.5. The molecular formula is C18H18N2O5S. The molecule has 0 aliphatic carbocycles. The van der Waals surface area contributed by atoms with E-state index in [1.54, 1.807) is 37.3 Å². The smallest absolute Gasteiger partial charge is 0.319 e. The average molecular weight is 374 g/mol. The molecule has 2 atom stereocenters. The van der Waals surface area contributed by atoms with E-state index in [9.17, 15) is 19.6 Å². The van der Waals surface area contributed by atoms with E-state index in [2.05, 4.69) is 11.4 Å². The molecule has 0 spiro atoms. The molecule has 1 heterocycles. The number of thioether (sulfide) groups is 1. The summed E-state index contributed by atoms with van der Waals surface area (Å²) in [4.78, 5) is 36.3. The monoisotopic (exact) mass is 374 g/mol. The van der Waals surface area contributed by atoms with Gasteiger partial charge in [0.15, 0.2) is 0 Å². The largest absolute Gasteiger partial charge is 0.468 e. The maximum atomic E-state index is 12.5. The number of nitrogens with one attached hydrogen (secondary N) is 1. The lowest BCUT2D eigenvalue weighted by atomic mass is 9.78. The van der Waals surface area contributed by atoms with Crippen LogP contribution < -0.4 is 5.32 Å². The third-order valence-corrected chi connectivity index (χ3v) is 4.77. The summed E-state index contributed by atoms with van der Waals surface area (Å²) in [6.45, 7) is 1.93. The Morgan fingerprint density at radius 1 is 1.31 bits per heavy atom. The molecular weight excluding hydrogens is 356 g/mol. The zero-order valence-corrected chi connectivity index (χ0v) is 15.2. The summed E-state index contributed by atoms with van der Waals surface area (Å²) in [6, 6.07) is 10.9. The molecule has 0 bridgehead atoms. The number of carbonyl (C=O) groups excluding carboxylic acids is 3. The second-order valence-electron chi connectivity index (χ2n) is 5.33. The van der Waals surface area contributed by atoms with E-state index in [4.69, 9.17) is 9.47 Å². The van der Waals surface area contributed by atoms with Crippen molar-refractivity contribution in [1.82, 2.24) is 5.32 Å². The van der Waals surface area contributed by atoms with Gasteiger partial charge < -0.3 is 14.8 Å². The van der Waals surface area contributed by atoms with Gasteiger partial charge in [0.1, 0.15) is 5.92 Å². The fraction of sp³-hybridized carbons (Fsp3) is 0.333. The molecule has 1 aromatic carbocycles. The van der Waals surface area contributed by atoms with E-state index in [0.29, 0.717) is 5.56 Å². The van der Waals surface area contributed by atoms with Crippen LogP contribution in [0.1, 0.15) is 18.4 Å². The molecule has 0 saturated carbocycles. The van der Waals surface area contributed by atoms with Crippen molar-refractivity contribution in [2.75, 3.05) is 19.5 Å². The quantitative estimate of drug-likeness (QED) is 0.597. The number of methoxy groups -OCH3 is 1. The minimum Gasteiger partial charge on any atom is -0.468 e. The summed E-state index contributed by atoms with van der Waals surface area (Å²) >= 11 is 1.00. The predicted octanol–water partition coefficient (Wildman–Crippen LogP) is 1.72. The summed E-state index contributed by atoms with van der Waals surface area (Å²) in [5.74, 6) is -3.77. The molecule has 0 aromatic heterocycles. The lowest BCUT2D eigenvalue weighted by Gasteiger charge is -2.30. The highest BCUT2D eigenvalue weighted by Gasteiger charge is 2.44. The van der Waals surface area contributed by atoms with Gasteiger partial charge in [-0.25, -0.2) is 0 Å². The molecule has 0 fully saturated rings. The van der Waals surface area contributed by atoms with Gasteiger partial charge in [-0.05, 0) is 12.5 Å². The third-order valence-electron chi connectivity index (χ3n) is 3.78. The van der Waals surface area contributed by atoms with Crippen LogP contribution in [0.5, 0.6) is 0 Å². The maximum Gasteiger partial charge on any atom is 0.319 e. The molecule has 26 heavy (non-hydrogen) atoms. The number of nitrogens with zero attached hydrogens (tertiary/aromatic N) is 1. The predicted molar refractivity (Wildman–Crippen MR) is 94.6 cm³/mol. The Hall–Kier alpha value is -2.79. The highest BCUT2D eigenvalue weighted by Crippen LogP contribution is 2.39. The number of carbonyl (C=O) groups is 3. The topological polar surface area (TPSA) is 105 Å². The molecule has 7 nitrogen and oxygen atoms in total. The molecule has 1 aliphatic heterocycles. The minimum absolute atomic E-state index is 0.0565. The van der Waals surface area contributed by atoms with Crippen molar-refractivity contribution in [3.8, 4) is 6.07 Å². The van der Waals surface area contributed by atoms with Crippen LogP contribution in [0.2, 0.25) is 0 Å². The van der Waals surface area contributed by atoms with Crippen LogP contribution in [0.3, 0.4) is 0 Å². The highest BCUT2D eigenvalue weighted by atomic mass is 32.2. The fourth-order valence-corrected chi connectivity index (χ4v) is 3.52. The Kier molecular flexibility index (Phi) is 6.81. The average Bonchev–Trinajstić information content (AvgIpc) is 2.66. The van der Waals surface area contributed by atoms with Crippen molar-refractivity contribution in [1.29, 1.82) is 5.26 Å². The number of hydrogen-bond donors (Lipinski definition) is 1. The summed E-state index contributed by atoms with van der Waals surface area (Å²) < 4.78 is 9.62. The lowest BCUT2D eigenvalue weighted by Crippen LogP contribution is -2.44. The number of benzene rings is 1. The van der Waals surface area contributed by atoms with Crippen LogP contribution in [0.4, 0.5) is 0 Å². The van der Waals surface area contributed by atoms with Gasteiger partial charge in [0.2, 0.25) is 5.91 Å². The first-order valence-electron chi connectivity index (χ1n) is 7.89. The van der Waals surface area contributed by atoms with E-state index >= 15 is 0 Å². The van der Waals surface area contributed by atoms with Crippen molar-refractivity contribution in [2.24, 2.45) is 5.92 Å². The molecule has 1 amide bonds. The second kappa shape index (κ2) is 9.06. The number of allylic oxidation sites excluding steroid dienone is 1. The number of hydrogen-bond acceptors (Lipinski definition) is 7. The molecule has 0 unspecified atom stereocenters. The van der Waals surface area contributed by atoms with Crippen LogP contribution in [0, 0.1) is 17.2 Å². The van der Waals surface area contributed by atoms with Gasteiger partial charge in [-0.3, -0.25) is 14.4 Å². The van der Waals surface area contributed by atoms with Crippen molar-refractivity contribution in [3.05, 3.63) is 46.5 Å². The molecule has 0 radical (unpaired) electrons. The summed E-state index contributed by atoms with van der Waals surface area (Å²) in [6.07, 6.45) is 0. The van der Waals surface area contributed by atoms with Crippen molar-refractivity contribution in [3.63, 3.8) is 0 Å². The van der Waals surface area contributed by atoms with E-state index in [1.165, 1.54) is 7.11 Å². The maximum absolute atomic E-state index is 12.5. The van der Waals surface area contributed by atoms with Gasteiger partial charge in [-0.1, -0.05) is 42.1 Å². The Labute approximate surface area is 155 Å². The van der Waals surface area contributed by atoms with Gasteiger partial charge >= 0.3 is 11.9 Å². The van der Waals surface area contributed by atoms with Gasteiger partial charge in [0, 0.05) is 5.92 Å². The van der Waals surface area contributed by atoms with Crippen LogP contribution in [-0.4, -0.2) is 37.3 Å². The molecule has 1 aromatic rings. The van der Waals surface area contributed by atoms with Crippen LogP contribution in [-0.2, 0) is 23.9 Å². The standard InChI is InChI=1S/C18H18N2O5S/c1-3-25-13(21)10-26-17-12(9-19)14(11-7-5-4-6-8-11)15(16(22)20-17)18(23)24-2/h4-8,14-15H,3,10H2,1-2H3,(H,20,22)/t14-,15-/m0/s1. The van der Waals surface area contributed by atoms with Crippen molar-refractivity contribution >= 4 is 29.6 Å². The van der Waals surface area contributed by atoms with E-state index in [-0.39, 0.29) is 23.0 Å². The Morgan fingerprint density at radius 3 is 2.58 bits per heavy atom. The SMILES string of the molecule is CCOC(=O)CSC1=C(C#N)[C@H](c2ccccc2)[C@H](C(=O)OC)C(=O)N1. The molecule has 0 saturated heterocycles. The minimum atomic E-state index is -1.18. The highest BCUT2D eigenvalue weighted by molar-refractivity contribution is 8.03. The van der Waals surface area contributed by atoms with Crippen LogP contribution in [0.25, 0.3) is 0 Å².